The van der Waals surface area contributed by atoms with Gasteiger partial charge in [0, 0.05) is 13.1 Å². The third kappa shape index (κ3) is 2.76. The van der Waals surface area contributed by atoms with E-state index in [1.54, 1.807) is 0 Å². The van der Waals surface area contributed by atoms with Crippen molar-refractivity contribution in [3.05, 3.63) is 29.8 Å². The molecule has 1 atom stereocenters. The molecule has 0 spiro atoms. The first kappa shape index (κ1) is 11.9. The Balaban J connectivity index is 2.14. The first-order chi connectivity index (χ1) is 8.35. The number of benzene rings is 1. The van der Waals surface area contributed by atoms with Gasteiger partial charge in [-0.15, -0.1) is 0 Å². The molecule has 4 heteroatoms. The van der Waals surface area contributed by atoms with Crippen molar-refractivity contribution in [3.8, 4) is 6.07 Å². The molecule has 1 aliphatic heterocycles. The van der Waals surface area contributed by atoms with Crippen LogP contribution in [0.5, 0.6) is 0 Å². The van der Waals surface area contributed by atoms with Crippen LogP contribution in [0.15, 0.2) is 24.3 Å². The maximum absolute atomic E-state index is 9.09. The lowest BCUT2D eigenvalue weighted by atomic mass is 10.1. The summed E-state index contributed by atoms with van der Waals surface area (Å²) in [6.45, 7) is 2.98. The minimum Gasteiger partial charge on any atom is -0.374 e. The van der Waals surface area contributed by atoms with Gasteiger partial charge in [0.25, 0.3) is 0 Å². The van der Waals surface area contributed by atoms with Crippen LogP contribution in [0.2, 0.25) is 0 Å². The smallest absolute Gasteiger partial charge is 0.101 e. The highest BCUT2D eigenvalue weighted by Crippen LogP contribution is 2.22. The SMILES string of the molecule is N#Cc1ccccc1N1CCOC(CCN)C1. The monoisotopic (exact) mass is 231 g/mol. The van der Waals surface area contributed by atoms with Gasteiger partial charge in [0.15, 0.2) is 0 Å². The second kappa shape index (κ2) is 5.67. The molecule has 4 nitrogen and oxygen atoms in total. The predicted molar refractivity (Wildman–Crippen MR) is 66.8 cm³/mol. The Hall–Kier alpha value is -1.57. The molecule has 17 heavy (non-hydrogen) atoms. The van der Waals surface area contributed by atoms with Crippen LogP contribution in [0, 0.1) is 11.3 Å². The molecule has 0 amide bonds. The van der Waals surface area contributed by atoms with Gasteiger partial charge in [0.2, 0.25) is 0 Å². The minimum atomic E-state index is 0.181. The molecule has 1 heterocycles. The number of anilines is 1. The molecule has 1 saturated heterocycles. The number of nitriles is 1. The van der Waals surface area contributed by atoms with E-state index >= 15 is 0 Å². The molecule has 1 aromatic rings. The number of nitrogens with zero attached hydrogens (tertiary/aromatic N) is 2. The average Bonchev–Trinajstić information content (AvgIpc) is 2.39. The third-order valence-corrected chi connectivity index (χ3v) is 2.99. The predicted octanol–water partition coefficient (Wildman–Crippen LogP) is 1.11. The van der Waals surface area contributed by atoms with Crippen LogP contribution >= 0.6 is 0 Å². The normalized spacial score (nSPS) is 20.0. The lowest BCUT2D eigenvalue weighted by molar-refractivity contribution is 0.0368. The Kier molecular flexibility index (Phi) is 3.97. The van der Waals surface area contributed by atoms with Gasteiger partial charge in [0.05, 0.1) is 24.0 Å². The number of hydrogen-bond acceptors (Lipinski definition) is 4. The molecule has 0 saturated carbocycles. The molecular formula is C13H17N3O. The summed E-state index contributed by atoms with van der Waals surface area (Å²) < 4.78 is 5.64. The fraction of sp³-hybridized carbons (Fsp3) is 0.462. The molecule has 2 N–H and O–H groups in total. The topological polar surface area (TPSA) is 62.3 Å². The quantitative estimate of drug-likeness (QED) is 0.846. The van der Waals surface area contributed by atoms with Gasteiger partial charge in [-0.1, -0.05) is 12.1 Å². The van der Waals surface area contributed by atoms with Crippen LogP contribution in [0.1, 0.15) is 12.0 Å². The number of hydrogen-bond donors (Lipinski definition) is 1. The summed E-state index contributed by atoms with van der Waals surface area (Å²) in [7, 11) is 0. The zero-order chi connectivity index (χ0) is 12.1. The number of rotatable bonds is 3. The second-order valence-electron chi connectivity index (χ2n) is 4.15. The van der Waals surface area contributed by atoms with Gasteiger partial charge in [0.1, 0.15) is 6.07 Å². The number of para-hydroxylation sites is 1. The number of ether oxygens (including phenoxy) is 1. The Bertz CT molecular complexity index is 411. The van der Waals surface area contributed by atoms with E-state index in [-0.39, 0.29) is 6.10 Å². The van der Waals surface area contributed by atoms with Crippen LogP contribution in [-0.4, -0.2) is 32.3 Å². The van der Waals surface area contributed by atoms with Gasteiger partial charge in [-0.05, 0) is 25.1 Å². The fourth-order valence-electron chi connectivity index (χ4n) is 2.14. The molecule has 0 radical (unpaired) electrons. The average molecular weight is 231 g/mol. The molecule has 2 rings (SSSR count). The Labute approximate surface area is 102 Å². The zero-order valence-corrected chi connectivity index (χ0v) is 9.80. The van der Waals surface area contributed by atoms with Crippen molar-refractivity contribution < 1.29 is 4.74 Å². The zero-order valence-electron chi connectivity index (χ0n) is 9.80. The summed E-state index contributed by atoms with van der Waals surface area (Å²) in [5.74, 6) is 0. The van der Waals surface area contributed by atoms with Crippen molar-refractivity contribution in [2.75, 3.05) is 31.1 Å². The molecule has 1 aromatic carbocycles. The van der Waals surface area contributed by atoms with Crippen molar-refractivity contribution in [3.63, 3.8) is 0 Å². The Morgan fingerprint density at radius 2 is 2.29 bits per heavy atom. The van der Waals surface area contributed by atoms with Crippen LogP contribution in [0.25, 0.3) is 0 Å². The molecular weight excluding hydrogens is 214 g/mol. The summed E-state index contributed by atoms with van der Waals surface area (Å²) in [5, 5.41) is 9.09. The van der Waals surface area contributed by atoms with Gasteiger partial charge < -0.3 is 15.4 Å². The van der Waals surface area contributed by atoms with E-state index in [1.165, 1.54) is 0 Å². The van der Waals surface area contributed by atoms with Gasteiger partial charge in [-0.2, -0.15) is 5.26 Å². The summed E-state index contributed by atoms with van der Waals surface area (Å²) in [6.07, 6.45) is 1.05. The highest BCUT2D eigenvalue weighted by molar-refractivity contribution is 5.59. The van der Waals surface area contributed by atoms with Gasteiger partial charge in [-0.3, -0.25) is 0 Å². The first-order valence-corrected chi connectivity index (χ1v) is 5.91. The fourth-order valence-corrected chi connectivity index (χ4v) is 2.14. The number of morpholine rings is 1. The maximum atomic E-state index is 9.09. The third-order valence-electron chi connectivity index (χ3n) is 2.99. The van der Waals surface area contributed by atoms with E-state index in [2.05, 4.69) is 11.0 Å². The first-order valence-electron chi connectivity index (χ1n) is 5.91. The highest BCUT2D eigenvalue weighted by atomic mass is 16.5. The van der Waals surface area contributed by atoms with Crippen LogP contribution in [0.4, 0.5) is 5.69 Å². The summed E-state index contributed by atoms with van der Waals surface area (Å²) in [6, 6.07) is 9.92. The van der Waals surface area contributed by atoms with Crippen molar-refractivity contribution in [2.45, 2.75) is 12.5 Å². The molecule has 0 aliphatic carbocycles. The molecule has 1 aliphatic rings. The van der Waals surface area contributed by atoms with Crippen molar-refractivity contribution in [1.82, 2.24) is 0 Å². The van der Waals surface area contributed by atoms with E-state index in [1.807, 2.05) is 24.3 Å². The summed E-state index contributed by atoms with van der Waals surface area (Å²) in [4.78, 5) is 2.21. The lowest BCUT2D eigenvalue weighted by Crippen LogP contribution is -2.43. The van der Waals surface area contributed by atoms with E-state index < -0.39 is 0 Å². The van der Waals surface area contributed by atoms with Crippen molar-refractivity contribution >= 4 is 5.69 Å². The van der Waals surface area contributed by atoms with E-state index in [9.17, 15) is 0 Å². The largest absolute Gasteiger partial charge is 0.374 e. The van der Waals surface area contributed by atoms with Gasteiger partial charge >= 0.3 is 0 Å². The van der Waals surface area contributed by atoms with E-state index in [0.717, 1.165) is 30.8 Å². The second-order valence-corrected chi connectivity index (χ2v) is 4.15. The molecule has 0 bridgehead atoms. The van der Waals surface area contributed by atoms with Crippen LogP contribution in [-0.2, 0) is 4.74 Å². The number of nitrogens with two attached hydrogens (primary N) is 1. The minimum absolute atomic E-state index is 0.181. The van der Waals surface area contributed by atoms with Crippen LogP contribution < -0.4 is 10.6 Å². The Morgan fingerprint density at radius 1 is 1.47 bits per heavy atom. The van der Waals surface area contributed by atoms with E-state index in [4.69, 9.17) is 15.7 Å². The summed E-state index contributed by atoms with van der Waals surface area (Å²) >= 11 is 0. The van der Waals surface area contributed by atoms with E-state index in [0.29, 0.717) is 13.2 Å². The van der Waals surface area contributed by atoms with Crippen LogP contribution in [0.3, 0.4) is 0 Å². The molecule has 1 unspecified atom stereocenters. The lowest BCUT2D eigenvalue weighted by Gasteiger charge is -2.34. The molecule has 90 valence electrons. The van der Waals surface area contributed by atoms with Gasteiger partial charge in [-0.25, -0.2) is 0 Å². The molecule has 0 aromatic heterocycles. The Morgan fingerprint density at radius 3 is 3.06 bits per heavy atom. The standard InChI is InChI=1S/C13H17N3O/c14-6-5-12-10-16(7-8-17-12)13-4-2-1-3-11(13)9-15/h1-4,12H,5-8,10,14H2. The summed E-state index contributed by atoms with van der Waals surface area (Å²) in [5.41, 5.74) is 7.27. The highest BCUT2D eigenvalue weighted by Gasteiger charge is 2.21. The maximum Gasteiger partial charge on any atom is 0.101 e. The molecule has 1 fully saturated rings. The van der Waals surface area contributed by atoms with Crippen molar-refractivity contribution in [2.24, 2.45) is 5.73 Å². The van der Waals surface area contributed by atoms with Crippen molar-refractivity contribution in [1.29, 1.82) is 5.26 Å².